The number of aryl methyl sites for hydroxylation is 1. The van der Waals surface area contributed by atoms with Crippen molar-refractivity contribution in [2.75, 3.05) is 23.4 Å². The third-order valence-corrected chi connectivity index (χ3v) is 8.27. The van der Waals surface area contributed by atoms with Crippen LogP contribution in [-0.2, 0) is 20.9 Å². The third kappa shape index (κ3) is 8.81. The minimum Gasteiger partial charge on any atom is -0.444 e. The largest absolute Gasteiger partial charge is 0.444 e. The molecule has 4 amide bonds. The number of nitro groups is 1. The summed E-state index contributed by atoms with van der Waals surface area (Å²) in [6.07, 6.45) is 0.0561. The summed E-state index contributed by atoms with van der Waals surface area (Å²) < 4.78 is 5.40. The van der Waals surface area contributed by atoms with Gasteiger partial charge in [-0.3, -0.25) is 29.4 Å². The van der Waals surface area contributed by atoms with Gasteiger partial charge < -0.3 is 19.9 Å². The molecule has 2 atom stereocenters. The van der Waals surface area contributed by atoms with E-state index in [0.717, 1.165) is 21.9 Å². The van der Waals surface area contributed by atoms with Gasteiger partial charge in [0, 0.05) is 37.3 Å². The van der Waals surface area contributed by atoms with Crippen LogP contribution >= 0.6 is 0 Å². The van der Waals surface area contributed by atoms with E-state index in [0.29, 0.717) is 17.8 Å². The highest BCUT2D eigenvalue weighted by Gasteiger charge is 2.30. The number of ether oxygens (including phenoxy) is 1. The fourth-order valence-electron chi connectivity index (χ4n) is 5.46. The number of hydrogen-bond donors (Lipinski definition) is 1. The second-order valence-electron chi connectivity index (χ2n) is 13.2. The molecule has 0 aliphatic carbocycles. The Morgan fingerprint density at radius 1 is 0.920 bits per heavy atom. The van der Waals surface area contributed by atoms with E-state index in [1.54, 1.807) is 58.9 Å². The lowest BCUT2D eigenvalue weighted by Gasteiger charge is -2.32. The predicted octanol–water partition coefficient (Wildman–Crippen LogP) is 6.63. The standard InChI is InChI=1S/C38H43N5O7/c1-25-16-17-28-12-8-9-13-31(28)32(25)23-41(24-44)33-14-10-11-15-34(33)42(36(46)29-18-20-30(21-19-29)43(48)49)22-26(2)39-35(45)27(3)40(7)37(47)50-38(4,5)6/h8-21,24,26-27H,22-23H2,1-7H3,(H,39,45)/t26-,27+/m1/s1. The monoisotopic (exact) mass is 681 g/mol. The van der Waals surface area contributed by atoms with Crippen molar-refractivity contribution in [1.82, 2.24) is 10.2 Å². The van der Waals surface area contributed by atoms with Gasteiger partial charge >= 0.3 is 6.09 Å². The molecule has 0 heterocycles. The number of anilines is 2. The maximum Gasteiger partial charge on any atom is 0.410 e. The van der Waals surface area contributed by atoms with E-state index < -0.39 is 40.5 Å². The number of nitrogens with one attached hydrogen (secondary N) is 1. The number of fused-ring (bicyclic) bond motifs is 1. The lowest BCUT2D eigenvalue weighted by Crippen LogP contribution is -2.52. The van der Waals surface area contributed by atoms with Crippen molar-refractivity contribution in [3.8, 4) is 0 Å². The molecule has 0 aromatic heterocycles. The summed E-state index contributed by atoms with van der Waals surface area (Å²) in [7, 11) is 1.47. The molecule has 4 rings (SSSR count). The highest BCUT2D eigenvalue weighted by atomic mass is 16.6. The number of amides is 4. The Kier molecular flexibility index (Phi) is 11.6. The Labute approximate surface area is 291 Å². The molecule has 0 aliphatic heterocycles. The Balaban J connectivity index is 1.69. The normalized spacial score (nSPS) is 12.4. The first-order valence-corrected chi connectivity index (χ1v) is 16.2. The molecule has 12 nitrogen and oxygen atoms in total. The van der Waals surface area contributed by atoms with Crippen molar-refractivity contribution < 1.29 is 28.8 Å². The molecule has 0 saturated carbocycles. The maximum atomic E-state index is 14.2. The predicted molar refractivity (Wildman–Crippen MR) is 193 cm³/mol. The van der Waals surface area contributed by atoms with Gasteiger partial charge in [0.25, 0.3) is 11.6 Å². The summed E-state index contributed by atoms with van der Waals surface area (Å²) in [4.78, 5) is 67.9. The average molecular weight is 682 g/mol. The number of hydrogen-bond acceptors (Lipinski definition) is 7. The number of nitro benzene ring substituents is 1. The highest BCUT2D eigenvalue weighted by Crippen LogP contribution is 2.33. The number of carbonyl (C=O) groups excluding carboxylic acids is 4. The minimum absolute atomic E-state index is 0.0402. The van der Waals surface area contributed by atoms with Gasteiger partial charge in [0.2, 0.25) is 12.3 Å². The minimum atomic E-state index is -0.895. The molecule has 0 bridgehead atoms. The van der Waals surface area contributed by atoms with Crippen LogP contribution in [0.3, 0.4) is 0 Å². The van der Waals surface area contributed by atoms with Crippen LogP contribution in [0.15, 0.2) is 84.9 Å². The second-order valence-corrected chi connectivity index (χ2v) is 13.2. The van der Waals surface area contributed by atoms with Crippen LogP contribution in [0.2, 0.25) is 0 Å². The van der Waals surface area contributed by atoms with Gasteiger partial charge in [-0.25, -0.2) is 4.79 Å². The smallest absolute Gasteiger partial charge is 0.410 e. The number of likely N-dealkylation sites (N-methyl/N-ethyl adjacent to an activating group) is 1. The van der Waals surface area contributed by atoms with Gasteiger partial charge in [-0.05, 0) is 87.7 Å². The van der Waals surface area contributed by atoms with Crippen LogP contribution < -0.4 is 15.1 Å². The number of benzene rings is 4. The molecule has 50 heavy (non-hydrogen) atoms. The number of carbonyl (C=O) groups is 4. The zero-order valence-electron chi connectivity index (χ0n) is 29.4. The van der Waals surface area contributed by atoms with E-state index in [2.05, 4.69) is 5.32 Å². The molecular formula is C38H43N5O7. The van der Waals surface area contributed by atoms with Crippen molar-refractivity contribution in [2.45, 2.75) is 65.8 Å². The molecule has 0 unspecified atom stereocenters. The molecule has 4 aromatic rings. The number of non-ortho nitro benzene ring substituents is 1. The summed E-state index contributed by atoms with van der Waals surface area (Å²) in [5, 5.41) is 16.2. The summed E-state index contributed by atoms with van der Waals surface area (Å²) >= 11 is 0. The average Bonchev–Trinajstić information content (AvgIpc) is 3.08. The van der Waals surface area contributed by atoms with Crippen molar-refractivity contribution >= 4 is 52.2 Å². The first-order chi connectivity index (χ1) is 23.6. The van der Waals surface area contributed by atoms with E-state index in [-0.39, 0.29) is 24.3 Å². The first-order valence-electron chi connectivity index (χ1n) is 16.2. The molecule has 0 saturated heterocycles. The number of rotatable bonds is 12. The lowest BCUT2D eigenvalue weighted by molar-refractivity contribution is -0.384. The number of para-hydroxylation sites is 2. The molecule has 262 valence electrons. The summed E-state index contributed by atoms with van der Waals surface area (Å²) in [6.45, 7) is 10.6. The van der Waals surface area contributed by atoms with Crippen molar-refractivity contribution in [3.05, 3.63) is 112 Å². The zero-order valence-corrected chi connectivity index (χ0v) is 29.4. The Morgan fingerprint density at radius 2 is 1.54 bits per heavy atom. The van der Waals surface area contributed by atoms with Gasteiger partial charge in [-0.2, -0.15) is 0 Å². The SMILES string of the molecule is Cc1ccc2ccccc2c1CN(C=O)c1ccccc1N(C[C@@H](C)NC(=O)[C@H](C)N(C)C(=O)OC(C)(C)C)C(=O)c1ccc([N+](=O)[O-])cc1. The van der Waals surface area contributed by atoms with Crippen molar-refractivity contribution in [2.24, 2.45) is 0 Å². The van der Waals surface area contributed by atoms with Crippen LogP contribution in [-0.4, -0.2) is 65.4 Å². The topological polar surface area (TPSA) is 142 Å². The van der Waals surface area contributed by atoms with Gasteiger partial charge in [-0.1, -0.05) is 48.5 Å². The Bertz CT molecular complexity index is 1890. The fraction of sp³-hybridized carbons (Fsp3) is 0.316. The van der Waals surface area contributed by atoms with Gasteiger partial charge in [-0.15, -0.1) is 0 Å². The van der Waals surface area contributed by atoms with Gasteiger partial charge in [0.1, 0.15) is 11.6 Å². The van der Waals surface area contributed by atoms with E-state index >= 15 is 0 Å². The molecule has 1 N–H and O–H groups in total. The lowest BCUT2D eigenvalue weighted by atomic mass is 9.99. The van der Waals surface area contributed by atoms with E-state index in [4.69, 9.17) is 4.74 Å². The van der Waals surface area contributed by atoms with Gasteiger partial charge in [0.05, 0.1) is 22.8 Å². The summed E-state index contributed by atoms with van der Waals surface area (Å²) in [5.41, 5.74) is 2.03. The number of nitrogens with zero attached hydrogens (tertiary/aromatic N) is 4. The molecular weight excluding hydrogens is 638 g/mol. The van der Waals surface area contributed by atoms with Crippen LogP contribution in [0.4, 0.5) is 21.9 Å². The molecule has 0 radical (unpaired) electrons. The summed E-state index contributed by atoms with van der Waals surface area (Å²) in [6, 6.07) is 22.6. The Hall–Kier alpha value is -5.78. The first kappa shape index (κ1) is 37.0. The third-order valence-electron chi connectivity index (χ3n) is 8.27. The quantitative estimate of drug-likeness (QED) is 0.101. The van der Waals surface area contributed by atoms with Crippen LogP contribution in [0.1, 0.15) is 56.1 Å². The van der Waals surface area contributed by atoms with Crippen molar-refractivity contribution in [3.63, 3.8) is 0 Å². The highest BCUT2D eigenvalue weighted by molar-refractivity contribution is 6.08. The van der Waals surface area contributed by atoms with Gasteiger partial charge in [0.15, 0.2) is 0 Å². The molecule has 12 heteroatoms. The van der Waals surface area contributed by atoms with E-state index in [1.807, 2.05) is 43.3 Å². The van der Waals surface area contributed by atoms with Crippen LogP contribution in [0.5, 0.6) is 0 Å². The molecule has 0 spiro atoms. The summed E-state index contributed by atoms with van der Waals surface area (Å²) in [5.74, 6) is -0.970. The second kappa shape index (κ2) is 15.6. The van der Waals surface area contributed by atoms with Crippen molar-refractivity contribution in [1.29, 1.82) is 0 Å². The fourth-order valence-corrected chi connectivity index (χ4v) is 5.46. The zero-order chi connectivity index (χ0) is 36.7. The van der Waals surface area contributed by atoms with E-state index in [1.165, 1.54) is 46.0 Å². The van der Waals surface area contributed by atoms with Crippen LogP contribution in [0, 0.1) is 17.0 Å². The molecule has 0 fully saturated rings. The Morgan fingerprint density at radius 3 is 2.16 bits per heavy atom. The molecule has 0 aliphatic rings. The molecule has 4 aromatic carbocycles. The van der Waals surface area contributed by atoms with E-state index in [9.17, 15) is 29.3 Å². The maximum absolute atomic E-state index is 14.2. The van der Waals surface area contributed by atoms with Crippen LogP contribution in [0.25, 0.3) is 10.8 Å².